The van der Waals surface area contributed by atoms with Crippen LogP contribution in [-0.4, -0.2) is 4.57 Å². The Labute approximate surface area is 400 Å². The summed E-state index contributed by atoms with van der Waals surface area (Å²) >= 11 is 0. The van der Waals surface area contributed by atoms with Crippen LogP contribution in [0.4, 0.5) is 17.1 Å². The van der Waals surface area contributed by atoms with Gasteiger partial charge in [-0.2, -0.15) is 0 Å². The zero-order chi connectivity index (χ0) is 46.2. The minimum absolute atomic E-state index is 0.370. The maximum atomic E-state index is 5.35. The second kappa shape index (κ2) is 18.0. The molecule has 0 saturated heterocycles. The summed E-state index contributed by atoms with van der Waals surface area (Å²) in [6, 6.07) is 81.1. The summed E-state index contributed by atoms with van der Waals surface area (Å²) in [6.45, 7) is 7.24. The average molecular weight is 878 g/mol. The number of rotatable bonds is 4. The highest BCUT2D eigenvalue weighted by Gasteiger charge is 2.53. The number of allylic oxidation sites excluding steroid dienone is 4. The summed E-state index contributed by atoms with van der Waals surface area (Å²) in [5.74, 6) is 0. The number of fused-ring (bicyclic) bond motifs is 11. The Morgan fingerprint density at radius 3 is 1.54 bits per heavy atom. The van der Waals surface area contributed by atoms with E-state index in [1.807, 2.05) is 48.5 Å². The second-order valence-corrected chi connectivity index (χ2v) is 18.2. The van der Waals surface area contributed by atoms with Crippen molar-refractivity contribution in [1.29, 1.82) is 0 Å². The van der Waals surface area contributed by atoms with E-state index in [0.29, 0.717) is 6.54 Å². The number of nitrogens with zero attached hydrogens (tertiary/aromatic N) is 2. The topological polar surface area (TPSA) is 34.2 Å². The monoisotopic (exact) mass is 877 g/mol. The normalized spacial score (nSPS) is 13.9. The van der Waals surface area contributed by atoms with Gasteiger partial charge in [0.2, 0.25) is 0 Å². The molecule has 2 N–H and O–H groups in total. The van der Waals surface area contributed by atoms with Crippen molar-refractivity contribution in [1.82, 2.24) is 4.57 Å². The van der Waals surface area contributed by atoms with Crippen LogP contribution in [0.3, 0.4) is 0 Å². The van der Waals surface area contributed by atoms with Gasteiger partial charge in [-0.1, -0.05) is 194 Å². The molecule has 2 aliphatic carbocycles. The molecule has 1 aromatic heterocycles. The third-order valence-corrected chi connectivity index (χ3v) is 14.2. The van der Waals surface area contributed by atoms with Crippen LogP contribution >= 0.6 is 0 Å². The molecule has 1 aliphatic heterocycles. The number of hydrogen-bond donors (Lipinski definition) is 1. The van der Waals surface area contributed by atoms with E-state index in [2.05, 4.69) is 212 Å². The Hall–Kier alpha value is -7.98. The third-order valence-electron chi connectivity index (χ3n) is 14.2. The summed E-state index contributed by atoms with van der Waals surface area (Å²) in [7, 11) is 0. The Kier molecular flexibility index (Phi) is 11.3. The van der Waals surface area contributed by atoms with Crippen LogP contribution in [0.5, 0.6) is 0 Å². The molecule has 0 atom stereocenters. The van der Waals surface area contributed by atoms with Crippen LogP contribution in [-0.2, 0) is 12.0 Å². The van der Waals surface area contributed by atoms with Crippen LogP contribution in [0.25, 0.3) is 38.6 Å². The van der Waals surface area contributed by atoms with Gasteiger partial charge in [0.15, 0.2) is 0 Å². The highest BCUT2D eigenvalue weighted by atomic mass is 15.2. The standard InChI is InChI=1S/C51H38N2.C7H9N.C7H8/c1-33-14-3-8-21-45(33)53-48-24-11-6-18-42(48)51(43-19-7-12-25-49(43)53)41-31-28-36(32-40(41)50-34(2)15-13-20-44(50)51)35-26-29-37(30-27-35)52-46-22-9-4-16-38(46)39-17-5-10-23-47(39)52;8-6-7-4-2-1-3-5-7;1-7-5-3-2-4-6-7/h3-27,29-30,32H,28,31H2,1-2H3;1-5H,6,8H2;2-6H,1H3. The fraction of sp³-hybridized carbons (Fsp3) is 0.108. The van der Waals surface area contributed by atoms with E-state index >= 15 is 0 Å². The molecule has 13 rings (SSSR count). The van der Waals surface area contributed by atoms with Gasteiger partial charge in [-0.25, -0.2) is 0 Å². The lowest BCUT2D eigenvalue weighted by Crippen LogP contribution is -2.37. The predicted octanol–water partition coefficient (Wildman–Crippen LogP) is 16.3. The van der Waals surface area contributed by atoms with Crippen LogP contribution in [0, 0.1) is 20.8 Å². The van der Waals surface area contributed by atoms with E-state index in [1.54, 1.807) is 0 Å². The van der Waals surface area contributed by atoms with Gasteiger partial charge in [0.05, 0.1) is 27.8 Å². The van der Waals surface area contributed by atoms with Crippen LogP contribution in [0.15, 0.2) is 236 Å². The number of nitrogens with two attached hydrogens (primary N) is 1. The quantitative estimate of drug-likeness (QED) is 0.191. The minimum Gasteiger partial charge on any atom is -0.326 e. The van der Waals surface area contributed by atoms with Gasteiger partial charge in [0.25, 0.3) is 0 Å². The summed E-state index contributed by atoms with van der Waals surface area (Å²) < 4.78 is 2.41. The molecule has 1 spiro atoms. The van der Waals surface area contributed by atoms with Crippen molar-refractivity contribution in [3.05, 3.63) is 286 Å². The molecule has 9 aromatic carbocycles. The van der Waals surface area contributed by atoms with Crippen molar-refractivity contribution in [2.75, 3.05) is 4.90 Å². The zero-order valence-electron chi connectivity index (χ0n) is 39.0. The van der Waals surface area contributed by atoms with Gasteiger partial charge < -0.3 is 15.2 Å². The van der Waals surface area contributed by atoms with Gasteiger partial charge in [0, 0.05) is 28.7 Å². The maximum Gasteiger partial charge on any atom is 0.0717 e. The molecule has 2 heterocycles. The highest BCUT2D eigenvalue weighted by Crippen LogP contribution is 2.65. The molecule has 68 heavy (non-hydrogen) atoms. The lowest BCUT2D eigenvalue weighted by molar-refractivity contribution is 0.689. The number of hydrogen-bond acceptors (Lipinski definition) is 2. The molecular weight excluding hydrogens is 823 g/mol. The Morgan fingerprint density at radius 1 is 0.456 bits per heavy atom. The molecule has 0 radical (unpaired) electrons. The molecule has 0 amide bonds. The van der Waals surface area contributed by atoms with Crippen LogP contribution in [0.2, 0.25) is 0 Å². The van der Waals surface area contributed by atoms with E-state index in [0.717, 1.165) is 12.8 Å². The number of anilines is 3. The van der Waals surface area contributed by atoms with Crippen molar-refractivity contribution < 1.29 is 0 Å². The summed E-state index contributed by atoms with van der Waals surface area (Å²) in [6.07, 6.45) is 4.53. The molecule has 0 unspecified atom stereocenters. The van der Waals surface area contributed by atoms with Crippen molar-refractivity contribution in [2.24, 2.45) is 5.73 Å². The molecule has 3 heteroatoms. The summed E-state index contributed by atoms with van der Waals surface area (Å²) in [5, 5.41) is 2.58. The summed E-state index contributed by atoms with van der Waals surface area (Å²) in [5.41, 5.74) is 28.7. The van der Waals surface area contributed by atoms with Gasteiger partial charge in [-0.15, -0.1) is 0 Å². The van der Waals surface area contributed by atoms with Gasteiger partial charge in [-0.05, 0) is 137 Å². The lowest BCUT2D eigenvalue weighted by atomic mass is 9.62. The van der Waals surface area contributed by atoms with E-state index in [-0.39, 0.29) is 5.41 Å². The average Bonchev–Trinajstić information content (AvgIpc) is 3.89. The lowest BCUT2D eigenvalue weighted by Gasteiger charge is -2.46. The molecule has 3 aliphatic rings. The van der Waals surface area contributed by atoms with Gasteiger partial charge >= 0.3 is 0 Å². The Bertz CT molecular complexity index is 3420. The highest BCUT2D eigenvalue weighted by molar-refractivity contribution is 6.09. The van der Waals surface area contributed by atoms with Gasteiger partial charge in [-0.3, -0.25) is 0 Å². The van der Waals surface area contributed by atoms with E-state index < -0.39 is 0 Å². The fourth-order valence-corrected chi connectivity index (χ4v) is 11.2. The minimum atomic E-state index is -0.370. The second-order valence-electron chi connectivity index (χ2n) is 18.2. The molecule has 0 saturated carbocycles. The van der Waals surface area contributed by atoms with E-state index in [4.69, 9.17) is 5.73 Å². The first-order chi connectivity index (χ1) is 33.5. The first-order valence-corrected chi connectivity index (χ1v) is 23.9. The van der Waals surface area contributed by atoms with E-state index in [9.17, 15) is 0 Å². The molecular formula is C65H55N3. The molecule has 3 nitrogen and oxygen atoms in total. The van der Waals surface area contributed by atoms with Crippen LogP contribution < -0.4 is 10.6 Å². The maximum absolute atomic E-state index is 5.35. The van der Waals surface area contributed by atoms with Crippen molar-refractivity contribution in [3.63, 3.8) is 0 Å². The van der Waals surface area contributed by atoms with Crippen molar-refractivity contribution in [3.8, 4) is 5.69 Å². The predicted molar refractivity (Wildman–Crippen MR) is 287 cm³/mol. The zero-order valence-corrected chi connectivity index (χ0v) is 39.0. The smallest absolute Gasteiger partial charge is 0.0717 e. The molecule has 0 bridgehead atoms. The van der Waals surface area contributed by atoms with Crippen molar-refractivity contribution >= 4 is 50.0 Å². The number of aromatic nitrogens is 1. The van der Waals surface area contributed by atoms with E-state index in [1.165, 1.54) is 111 Å². The first kappa shape index (κ1) is 42.6. The third kappa shape index (κ3) is 7.19. The first-order valence-electron chi connectivity index (χ1n) is 23.9. The Balaban J connectivity index is 0.000000289. The molecule has 330 valence electrons. The van der Waals surface area contributed by atoms with Crippen LogP contribution in [0.1, 0.15) is 62.9 Å². The summed E-state index contributed by atoms with van der Waals surface area (Å²) in [4.78, 5) is 2.50. The fourth-order valence-electron chi connectivity index (χ4n) is 11.2. The number of para-hydroxylation sites is 5. The number of benzene rings is 9. The van der Waals surface area contributed by atoms with Crippen molar-refractivity contribution in [2.45, 2.75) is 45.6 Å². The molecule has 0 fully saturated rings. The molecule has 10 aromatic rings. The van der Waals surface area contributed by atoms with Gasteiger partial charge in [0.1, 0.15) is 0 Å². The largest absolute Gasteiger partial charge is 0.326 e. The SMILES string of the molecule is Cc1ccccc1.Cc1ccccc1N1c2ccccc2C2(C3=C(C=C(c4ccc(-n5c6ccccc6c6ccccc65)cc4)CC3)c3c(C)cccc32)c2ccccc21.NCc1ccccc1. The number of aryl methyl sites for hydroxylation is 3. The Morgan fingerprint density at radius 2 is 0.971 bits per heavy atom.